The van der Waals surface area contributed by atoms with E-state index in [9.17, 15) is 13.2 Å². The summed E-state index contributed by atoms with van der Waals surface area (Å²) in [4.78, 5) is 0. The van der Waals surface area contributed by atoms with E-state index >= 15 is 0 Å². The van der Waals surface area contributed by atoms with E-state index in [4.69, 9.17) is 10.3 Å². The van der Waals surface area contributed by atoms with Gasteiger partial charge in [-0.2, -0.15) is 13.2 Å². The number of nitrogens with two attached hydrogens (primary N) is 1. The topological polar surface area (TPSA) is 52.0 Å². The molecule has 0 radical (unpaired) electrons. The molecule has 0 amide bonds. The first-order valence-electron chi connectivity index (χ1n) is 4.84. The van der Waals surface area contributed by atoms with E-state index in [1.54, 1.807) is 0 Å². The number of rotatable bonds is 2. The van der Waals surface area contributed by atoms with Crippen LogP contribution in [0.2, 0.25) is 0 Å². The zero-order valence-corrected chi connectivity index (χ0v) is 8.66. The molecule has 17 heavy (non-hydrogen) atoms. The van der Waals surface area contributed by atoms with Crippen molar-refractivity contribution in [2.75, 3.05) is 0 Å². The molecule has 0 fully saturated rings. The van der Waals surface area contributed by atoms with Crippen molar-refractivity contribution in [2.24, 2.45) is 5.73 Å². The molecule has 0 aliphatic rings. The van der Waals surface area contributed by atoms with Crippen LogP contribution in [0, 0.1) is 0 Å². The fourth-order valence-electron chi connectivity index (χ4n) is 1.39. The number of nitrogens with zero attached hydrogens (tertiary/aromatic N) is 1. The van der Waals surface area contributed by atoms with E-state index in [2.05, 4.69) is 5.16 Å². The smallest absolute Gasteiger partial charge is 0.356 e. The minimum Gasteiger partial charge on any atom is -0.356 e. The number of aromatic nitrogens is 1. The predicted octanol–water partition coefficient (Wildman–Crippen LogP) is 2.82. The van der Waals surface area contributed by atoms with E-state index in [1.807, 2.05) is 0 Å². The fraction of sp³-hybridized carbons (Fsp3) is 0.182. The molecule has 2 rings (SSSR count). The molecule has 2 aromatic rings. The molecule has 0 aliphatic carbocycles. The van der Waals surface area contributed by atoms with Crippen molar-refractivity contribution in [1.82, 2.24) is 5.16 Å². The summed E-state index contributed by atoms with van der Waals surface area (Å²) >= 11 is 0. The van der Waals surface area contributed by atoms with Gasteiger partial charge in [0.2, 0.25) is 0 Å². The van der Waals surface area contributed by atoms with Crippen molar-refractivity contribution in [3.63, 3.8) is 0 Å². The van der Waals surface area contributed by atoms with Gasteiger partial charge in [-0.25, -0.2) is 0 Å². The Bertz CT molecular complexity index is 519. The summed E-state index contributed by atoms with van der Waals surface area (Å²) in [6, 6.07) is 6.39. The van der Waals surface area contributed by atoms with Crippen molar-refractivity contribution in [3.8, 4) is 11.3 Å². The van der Waals surface area contributed by atoms with Gasteiger partial charge < -0.3 is 10.3 Å². The maximum Gasteiger partial charge on any atom is 0.416 e. The van der Waals surface area contributed by atoms with Crippen molar-refractivity contribution in [3.05, 3.63) is 41.6 Å². The minimum absolute atomic E-state index is 0.183. The number of alkyl halides is 3. The van der Waals surface area contributed by atoms with Crippen LogP contribution in [0.4, 0.5) is 13.2 Å². The molecule has 1 heterocycles. The largest absolute Gasteiger partial charge is 0.416 e. The normalized spacial score (nSPS) is 11.8. The van der Waals surface area contributed by atoms with Crippen molar-refractivity contribution < 1.29 is 17.7 Å². The Morgan fingerprint density at radius 3 is 2.59 bits per heavy atom. The summed E-state index contributed by atoms with van der Waals surface area (Å²) in [6.07, 6.45) is -4.37. The van der Waals surface area contributed by atoms with Crippen LogP contribution in [-0.4, -0.2) is 5.16 Å². The first kappa shape index (κ1) is 11.7. The third-order valence-corrected chi connectivity index (χ3v) is 2.24. The monoisotopic (exact) mass is 242 g/mol. The molecule has 1 aromatic carbocycles. The lowest BCUT2D eigenvalue weighted by molar-refractivity contribution is -0.137. The molecule has 0 atom stereocenters. The molecule has 0 aliphatic heterocycles. The summed E-state index contributed by atoms with van der Waals surface area (Å²) in [5.41, 5.74) is 5.44. The Labute approximate surface area is 95.0 Å². The molecule has 3 nitrogen and oxygen atoms in total. The van der Waals surface area contributed by atoms with Crippen LogP contribution >= 0.6 is 0 Å². The predicted molar refractivity (Wildman–Crippen MR) is 54.8 cm³/mol. The summed E-state index contributed by atoms with van der Waals surface area (Å²) in [6.45, 7) is 0.183. The number of hydrogen-bond acceptors (Lipinski definition) is 3. The third-order valence-electron chi connectivity index (χ3n) is 2.24. The van der Waals surface area contributed by atoms with Gasteiger partial charge in [-0.15, -0.1) is 0 Å². The van der Waals surface area contributed by atoms with Crippen LogP contribution in [0.3, 0.4) is 0 Å². The molecule has 0 saturated carbocycles. The highest BCUT2D eigenvalue weighted by Gasteiger charge is 2.30. The average molecular weight is 242 g/mol. The minimum atomic E-state index is -4.37. The molecule has 0 bridgehead atoms. The van der Waals surface area contributed by atoms with Crippen LogP contribution in [0.15, 0.2) is 34.9 Å². The van der Waals surface area contributed by atoms with Gasteiger partial charge in [-0.3, -0.25) is 0 Å². The van der Waals surface area contributed by atoms with Gasteiger partial charge in [-0.1, -0.05) is 17.3 Å². The van der Waals surface area contributed by atoms with Gasteiger partial charge in [0.1, 0.15) is 0 Å². The quantitative estimate of drug-likeness (QED) is 0.880. The molecule has 0 unspecified atom stereocenters. The van der Waals surface area contributed by atoms with E-state index in [0.29, 0.717) is 11.3 Å². The van der Waals surface area contributed by atoms with E-state index in [0.717, 1.165) is 12.1 Å². The summed E-state index contributed by atoms with van der Waals surface area (Å²) in [7, 11) is 0. The van der Waals surface area contributed by atoms with Crippen LogP contribution in [0.5, 0.6) is 0 Å². The summed E-state index contributed by atoms with van der Waals surface area (Å²) < 4.78 is 42.4. The second-order valence-electron chi connectivity index (χ2n) is 3.47. The highest BCUT2D eigenvalue weighted by Crippen LogP contribution is 2.32. The van der Waals surface area contributed by atoms with Gasteiger partial charge in [0.25, 0.3) is 0 Å². The molecular weight excluding hydrogens is 233 g/mol. The average Bonchev–Trinajstić information content (AvgIpc) is 2.76. The first-order valence-corrected chi connectivity index (χ1v) is 4.84. The van der Waals surface area contributed by atoms with Gasteiger partial charge in [0.05, 0.1) is 11.3 Å². The molecule has 2 N–H and O–H groups in total. The maximum absolute atomic E-state index is 12.5. The molecular formula is C11H9F3N2O. The lowest BCUT2D eigenvalue weighted by atomic mass is 10.1. The molecule has 6 heteroatoms. The first-order chi connectivity index (χ1) is 8.00. The zero-order valence-electron chi connectivity index (χ0n) is 8.66. The van der Waals surface area contributed by atoms with E-state index in [-0.39, 0.29) is 12.3 Å². The Kier molecular flexibility index (Phi) is 2.89. The fourth-order valence-corrected chi connectivity index (χ4v) is 1.39. The zero-order chi connectivity index (χ0) is 12.5. The van der Waals surface area contributed by atoms with Gasteiger partial charge in [0, 0.05) is 18.2 Å². The molecule has 0 saturated heterocycles. The van der Waals surface area contributed by atoms with Crippen molar-refractivity contribution >= 4 is 0 Å². The van der Waals surface area contributed by atoms with Crippen molar-refractivity contribution in [1.29, 1.82) is 0 Å². The number of hydrogen-bond donors (Lipinski definition) is 1. The lowest BCUT2D eigenvalue weighted by Crippen LogP contribution is -2.04. The Morgan fingerprint density at radius 1 is 1.24 bits per heavy atom. The van der Waals surface area contributed by atoms with Crippen LogP contribution < -0.4 is 5.73 Å². The third kappa shape index (κ3) is 2.47. The maximum atomic E-state index is 12.5. The van der Waals surface area contributed by atoms with Crippen LogP contribution in [-0.2, 0) is 12.7 Å². The highest BCUT2D eigenvalue weighted by molar-refractivity contribution is 5.58. The molecule has 1 aromatic heterocycles. The summed E-state index contributed by atoms with van der Waals surface area (Å²) in [5.74, 6) is 0.275. The molecule has 0 spiro atoms. The van der Waals surface area contributed by atoms with Crippen LogP contribution in [0.25, 0.3) is 11.3 Å². The second-order valence-corrected chi connectivity index (χ2v) is 3.47. The van der Waals surface area contributed by atoms with E-state index < -0.39 is 11.7 Å². The second kappa shape index (κ2) is 4.21. The van der Waals surface area contributed by atoms with Gasteiger partial charge in [0.15, 0.2) is 5.76 Å². The van der Waals surface area contributed by atoms with E-state index in [1.165, 1.54) is 18.2 Å². The lowest BCUT2D eigenvalue weighted by Gasteiger charge is -2.06. The van der Waals surface area contributed by atoms with Crippen LogP contribution in [0.1, 0.15) is 11.3 Å². The SMILES string of the molecule is NCc1cc(-c2cccc(C(F)(F)F)c2)on1. The Morgan fingerprint density at radius 2 is 2.00 bits per heavy atom. The Hall–Kier alpha value is -1.82. The highest BCUT2D eigenvalue weighted by atomic mass is 19.4. The number of benzene rings is 1. The molecule has 90 valence electrons. The summed E-state index contributed by atoms with van der Waals surface area (Å²) in [5, 5.41) is 3.62. The van der Waals surface area contributed by atoms with Gasteiger partial charge in [-0.05, 0) is 12.1 Å². The number of halogens is 3. The van der Waals surface area contributed by atoms with Crippen molar-refractivity contribution in [2.45, 2.75) is 12.7 Å². The van der Waals surface area contributed by atoms with Gasteiger partial charge >= 0.3 is 6.18 Å². The standard InChI is InChI=1S/C11H9F3N2O/c12-11(13,14)8-3-1-2-7(4-8)10-5-9(6-15)16-17-10/h1-5H,6,15H2. The Balaban J connectivity index is 2.39.